The first-order valence-corrected chi connectivity index (χ1v) is 9.61. The Labute approximate surface area is 169 Å². The highest BCUT2D eigenvalue weighted by molar-refractivity contribution is 5.76. The lowest BCUT2D eigenvalue weighted by atomic mass is 10.1. The van der Waals surface area contributed by atoms with E-state index in [4.69, 9.17) is 4.98 Å². The van der Waals surface area contributed by atoms with Gasteiger partial charge in [-0.2, -0.15) is 5.26 Å². The molecule has 1 atom stereocenters. The lowest BCUT2D eigenvalue weighted by molar-refractivity contribution is 0.704. The highest BCUT2D eigenvalue weighted by atomic mass is 15.1. The summed E-state index contributed by atoms with van der Waals surface area (Å²) in [7, 11) is 0. The van der Waals surface area contributed by atoms with Gasteiger partial charge in [0.05, 0.1) is 22.8 Å². The van der Waals surface area contributed by atoms with Crippen LogP contribution in [0.25, 0.3) is 11.0 Å². The van der Waals surface area contributed by atoms with Crippen LogP contribution in [0.15, 0.2) is 60.9 Å². The molecular formula is C22H21N7. The van der Waals surface area contributed by atoms with Crippen molar-refractivity contribution in [2.45, 2.75) is 25.8 Å². The number of benzene rings is 1. The van der Waals surface area contributed by atoms with Crippen LogP contribution in [0.3, 0.4) is 0 Å². The van der Waals surface area contributed by atoms with Crippen LogP contribution in [0.4, 0.5) is 5.95 Å². The van der Waals surface area contributed by atoms with Gasteiger partial charge in [0, 0.05) is 37.6 Å². The lowest BCUT2D eigenvalue weighted by Gasteiger charge is -2.12. The summed E-state index contributed by atoms with van der Waals surface area (Å²) >= 11 is 0. The van der Waals surface area contributed by atoms with Crippen molar-refractivity contribution >= 4 is 17.0 Å². The van der Waals surface area contributed by atoms with Crippen LogP contribution in [0.1, 0.15) is 30.1 Å². The third-order valence-corrected chi connectivity index (χ3v) is 4.75. The summed E-state index contributed by atoms with van der Waals surface area (Å²) in [5.74, 6) is 0.633. The molecule has 0 bridgehead atoms. The monoisotopic (exact) mass is 383 g/mol. The van der Waals surface area contributed by atoms with E-state index in [1.165, 1.54) is 0 Å². The molecule has 7 heteroatoms. The third-order valence-electron chi connectivity index (χ3n) is 4.75. The Balaban J connectivity index is 1.57. The minimum absolute atomic E-state index is 0.498. The number of hydrogen-bond donors (Lipinski definition) is 1. The van der Waals surface area contributed by atoms with Gasteiger partial charge in [-0.1, -0.05) is 18.2 Å². The number of imidazole rings is 1. The summed E-state index contributed by atoms with van der Waals surface area (Å²) in [6.45, 7) is 3.44. The van der Waals surface area contributed by atoms with E-state index in [1.54, 1.807) is 18.5 Å². The fourth-order valence-electron chi connectivity index (χ4n) is 3.37. The molecular weight excluding hydrogens is 362 g/mol. The number of nitrogens with zero attached hydrogens (tertiary/aromatic N) is 6. The number of anilines is 1. The summed E-state index contributed by atoms with van der Waals surface area (Å²) in [5, 5.41) is 13.1. The van der Waals surface area contributed by atoms with Crippen molar-refractivity contribution in [3.05, 3.63) is 78.1 Å². The van der Waals surface area contributed by atoms with E-state index < -0.39 is 5.92 Å². The van der Waals surface area contributed by atoms with Gasteiger partial charge in [-0.25, -0.2) is 15.0 Å². The second-order valence-corrected chi connectivity index (χ2v) is 6.57. The van der Waals surface area contributed by atoms with E-state index in [1.807, 2.05) is 42.5 Å². The Bertz CT molecular complexity index is 1140. The molecule has 0 radical (unpaired) electrons. The summed E-state index contributed by atoms with van der Waals surface area (Å²) < 4.78 is 2.07. The third kappa shape index (κ3) is 3.92. The van der Waals surface area contributed by atoms with Gasteiger partial charge >= 0.3 is 0 Å². The topological polar surface area (TPSA) is 92.3 Å². The number of para-hydroxylation sites is 2. The minimum atomic E-state index is -0.568. The van der Waals surface area contributed by atoms with Gasteiger partial charge in [-0.15, -0.1) is 0 Å². The number of nitrogens with one attached hydrogen (secondary N) is 1. The van der Waals surface area contributed by atoms with Crippen LogP contribution in [0, 0.1) is 11.3 Å². The summed E-state index contributed by atoms with van der Waals surface area (Å²) in [6.07, 6.45) is 4.22. The Kier molecular flexibility index (Phi) is 5.43. The molecule has 3 heterocycles. The van der Waals surface area contributed by atoms with Crippen LogP contribution in [0.2, 0.25) is 0 Å². The van der Waals surface area contributed by atoms with Gasteiger partial charge in [0.1, 0.15) is 11.7 Å². The molecule has 1 unspecified atom stereocenters. The first-order valence-electron chi connectivity index (χ1n) is 9.61. The Morgan fingerprint density at radius 3 is 2.69 bits per heavy atom. The number of pyridine rings is 1. The summed E-state index contributed by atoms with van der Waals surface area (Å²) in [5.41, 5.74) is 3.54. The molecule has 0 saturated carbocycles. The molecule has 0 aliphatic heterocycles. The molecule has 7 nitrogen and oxygen atoms in total. The van der Waals surface area contributed by atoms with E-state index in [-0.39, 0.29) is 0 Å². The second-order valence-electron chi connectivity index (χ2n) is 6.57. The standard InChI is InChI=1S/C22H21N7/c1-2-29-20-9-4-3-8-19(20)27-21(29)17(15-23)18-11-14-26-22(28-18)25-13-10-16-7-5-6-12-24-16/h3-9,11-12,14,17H,2,10,13H2,1H3,(H,25,26,28). The van der Waals surface area contributed by atoms with E-state index >= 15 is 0 Å². The summed E-state index contributed by atoms with van der Waals surface area (Å²) in [4.78, 5) is 17.9. The first kappa shape index (κ1) is 18.6. The van der Waals surface area contributed by atoms with Crippen LogP contribution in [-0.4, -0.2) is 31.0 Å². The van der Waals surface area contributed by atoms with E-state index in [0.29, 0.717) is 24.0 Å². The molecule has 144 valence electrons. The van der Waals surface area contributed by atoms with Gasteiger partial charge in [-0.05, 0) is 37.3 Å². The first-order chi connectivity index (χ1) is 14.3. The molecule has 0 saturated heterocycles. The number of aromatic nitrogens is 5. The number of hydrogen-bond acceptors (Lipinski definition) is 6. The normalized spacial score (nSPS) is 11.9. The van der Waals surface area contributed by atoms with Crippen LogP contribution >= 0.6 is 0 Å². The largest absolute Gasteiger partial charge is 0.354 e. The number of aryl methyl sites for hydroxylation is 1. The van der Waals surface area contributed by atoms with Gasteiger partial charge in [0.2, 0.25) is 5.95 Å². The zero-order valence-electron chi connectivity index (χ0n) is 16.2. The SMILES string of the molecule is CCn1c(C(C#N)c2ccnc(NCCc3ccccn3)n2)nc2ccccc21. The average Bonchev–Trinajstić information content (AvgIpc) is 3.13. The number of rotatable bonds is 7. The van der Waals surface area contributed by atoms with E-state index in [0.717, 1.165) is 29.7 Å². The van der Waals surface area contributed by atoms with Crippen molar-refractivity contribution in [2.75, 3.05) is 11.9 Å². The van der Waals surface area contributed by atoms with Crippen LogP contribution < -0.4 is 5.32 Å². The summed E-state index contributed by atoms with van der Waals surface area (Å²) in [6, 6.07) is 17.9. The molecule has 0 fully saturated rings. The van der Waals surface area contributed by atoms with Crippen molar-refractivity contribution < 1.29 is 0 Å². The smallest absolute Gasteiger partial charge is 0.222 e. The zero-order valence-corrected chi connectivity index (χ0v) is 16.2. The Morgan fingerprint density at radius 1 is 1.03 bits per heavy atom. The van der Waals surface area contributed by atoms with E-state index in [9.17, 15) is 5.26 Å². The van der Waals surface area contributed by atoms with E-state index in [2.05, 4.69) is 37.8 Å². The maximum absolute atomic E-state index is 9.90. The maximum atomic E-state index is 9.90. The van der Waals surface area contributed by atoms with Crippen molar-refractivity contribution in [1.82, 2.24) is 24.5 Å². The molecule has 0 aliphatic rings. The maximum Gasteiger partial charge on any atom is 0.222 e. The fraction of sp³-hybridized carbons (Fsp3) is 0.227. The highest BCUT2D eigenvalue weighted by Crippen LogP contribution is 2.26. The molecule has 29 heavy (non-hydrogen) atoms. The highest BCUT2D eigenvalue weighted by Gasteiger charge is 2.23. The lowest BCUT2D eigenvalue weighted by Crippen LogP contribution is -2.13. The minimum Gasteiger partial charge on any atom is -0.354 e. The molecule has 4 aromatic rings. The van der Waals surface area contributed by atoms with Gasteiger partial charge in [0.15, 0.2) is 0 Å². The van der Waals surface area contributed by atoms with Crippen LogP contribution in [0.5, 0.6) is 0 Å². The quantitative estimate of drug-likeness (QED) is 0.525. The predicted octanol–water partition coefficient (Wildman–Crippen LogP) is 3.55. The molecule has 1 aromatic carbocycles. The zero-order chi connectivity index (χ0) is 20.1. The molecule has 1 N–H and O–H groups in total. The number of fused-ring (bicyclic) bond motifs is 1. The van der Waals surface area contributed by atoms with Crippen LogP contribution in [-0.2, 0) is 13.0 Å². The van der Waals surface area contributed by atoms with Crippen molar-refractivity contribution in [3.8, 4) is 6.07 Å². The molecule has 0 aliphatic carbocycles. The average molecular weight is 383 g/mol. The van der Waals surface area contributed by atoms with Gasteiger partial charge in [0.25, 0.3) is 0 Å². The molecule has 0 amide bonds. The van der Waals surface area contributed by atoms with Crippen molar-refractivity contribution in [2.24, 2.45) is 0 Å². The molecule has 3 aromatic heterocycles. The molecule has 4 rings (SSSR count). The van der Waals surface area contributed by atoms with Crippen molar-refractivity contribution in [3.63, 3.8) is 0 Å². The number of nitriles is 1. The van der Waals surface area contributed by atoms with Gasteiger partial charge < -0.3 is 9.88 Å². The van der Waals surface area contributed by atoms with Gasteiger partial charge in [-0.3, -0.25) is 4.98 Å². The fourth-order valence-corrected chi connectivity index (χ4v) is 3.37. The van der Waals surface area contributed by atoms with Crippen molar-refractivity contribution in [1.29, 1.82) is 5.26 Å². The second kappa shape index (κ2) is 8.48. The Hall–Kier alpha value is -3.79. The predicted molar refractivity (Wildman–Crippen MR) is 111 cm³/mol. The molecule has 0 spiro atoms. The Morgan fingerprint density at radius 2 is 1.90 bits per heavy atom.